The van der Waals surface area contributed by atoms with Crippen LogP contribution in [0.4, 0.5) is 0 Å². The second-order valence-corrected chi connectivity index (χ2v) is 28.7. The second kappa shape index (κ2) is 7.98. The van der Waals surface area contributed by atoms with Gasteiger partial charge in [0.2, 0.25) is 0 Å². The van der Waals surface area contributed by atoms with E-state index >= 15 is 0 Å². The van der Waals surface area contributed by atoms with Gasteiger partial charge in [-0.1, -0.05) is 118 Å². The Morgan fingerprint density at radius 3 is 1.61 bits per heavy atom. The van der Waals surface area contributed by atoms with Crippen molar-refractivity contribution in [2.45, 2.75) is 63.6 Å². The van der Waals surface area contributed by atoms with Crippen LogP contribution in [0.1, 0.15) is 22.3 Å². The molecule has 0 saturated carbocycles. The predicted molar refractivity (Wildman–Crippen MR) is 155 cm³/mol. The van der Waals surface area contributed by atoms with Gasteiger partial charge < -0.3 is 0 Å². The third kappa shape index (κ3) is 3.93. The lowest BCUT2D eigenvalue weighted by atomic mass is 10.0. The van der Waals surface area contributed by atoms with Crippen LogP contribution in [0.2, 0.25) is 58.9 Å². The van der Waals surface area contributed by atoms with Crippen LogP contribution in [0.3, 0.4) is 0 Å². The van der Waals surface area contributed by atoms with Crippen molar-refractivity contribution in [3.8, 4) is 23.0 Å². The Morgan fingerprint density at radius 2 is 1.06 bits per heavy atom. The van der Waals surface area contributed by atoms with Crippen LogP contribution >= 0.6 is 0 Å². The summed E-state index contributed by atoms with van der Waals surface area (Å²) in [5, 5.41) is 1.58. The van der Waals surface area contributed by atoms with Crippen LogP contribution < -0.4 is 5.19 Å². The summed E-state index contributed by atoms with van der Waals surface area (Å²) in [6.45, 7) is 23.0. The van der Waals surface area contributed by atoms with Gasteiger partial charge in [-0.05, 0) is 46.5 Å². The summed E-state index contributed by atoms with van der Waals surface area (Å²) < 4.78 is 0.171. The number of rotatable bonds is 3. The van der Waals surface area contributed by atoms with E-state index in [0.717, 1.165) is 11.1 Å². The van der Waals surface area contributed by atoms with Crippen LogP contribution in [0.15, 0.2) is 66.7 Å². The van der Waals surface area contributed by atoms with Gasteiger partial charge in [0.25, 0.3) is 0 Å². The van der Waals surface area contributed by atoms with Crippen molar-refractivity contribution < 1.29 is 0 Å². The second-order valence-electron chi connectivity index (χ2n) is 12.6. The van der Waals surface area contributed by atoms with E-state index in [1.165, 1.54) is 11.1 Å². The molecule has 0 unspecified atom stereocenters. The van der Waals surface area contributed by atoms with Crippen molar-refractivity contribution in [1.29, 1.82) is 0 Å². The maximum atomic E-state index is 3.48. The fourth-order valence-electron chi connectivity index (χ4n) is 6.27. The van der Waals surface area contributed by atoms with Crippen LogP contribution in [0, 0.1) is 11.8 Å². The summed E-state index contributed by atoms with van der Waals surface area (Å²) in [7, 11) is -4.76. The maximum Gasteiger partial charge on any atom is 0.0776 e. The van der Waals surface area contributed by atoms with Crippen molar-refractivity contribution in [3.63, 3.8) is 0 Å². The first-order valence-corrected chi connectivity index (χ1v) is 22.6. The monoisotopic (exact) mass is 482 g/mol. The van der Waals surface area contributed by atoms with Crippen LogP contribution in [0.5, 0.6) is 0 Å². The summed E-state index contributed by atoms with van der Waals surface area (Å²) in [5.41, 5.74) is 8.31. The minimum Gasteiger partial charge on any atom is -0.0688 e. The minimum atomic E-state index is -1.68. The highest BCUT2D eigenvalue weighted by Crippen LogP contribution is 2.57. The van der Waals surface area contributed by atoms with Gasteiger partial charge in [-0.3, -0.25) is 0 Å². The molecular weight excluding hydrogens is 445 g/mol. The molecule has 0 spiro atoms. The molecule has 0 N–H and O–H groups in total. The molecule has 0 aliphatic heterocycles. The Kier molecular flexibility index (Phi) is 5.80. The standard InChI is InChI=1S/C30H38Si3/c1-31(2,3)25-18-20-27-26-19-17-24(16-15-23-13-11-10-12-14-23)21-28(26)30(29(27)22-25,32(4,5)6)33(7,8)9/h10-14,17-22H,1-9H3. The molecule has 170 valence electrons. The van der Waals surface area contributed by atoms with E-state index in [1.807, 2.05) is 6.07 Å². The Morgan fingerprint density at radius 1 is 0.545 bits per heavy atom. The summed E-state index contributed by atoms with van der Waals surface area (Å²) in [6.07, 6.45) is 0. The van der Waals surface area contributed by atoms with Crippen LogP contribution in [-0.4, -0.2) is 24.2 Å². The number of benzene rings is 3. The quantitative estimate of drug-likeness (QED) is 0.265. The first-order chi connectivity index (χ1) is 15.3. The van der Waals surface area contributed by atoms with Gasteiger partial charge >= 0.3 is 0 Å². The molecular formula is C30H38Si3. The molecule has 0 amide bonds. The van der Waals surface area contributed by atoms with Crippen LogP contribution in [0.25, 0.3) is 11.1 Å². The highest BCUT2D eigenvalue weighted by molar-refractivity contribution is 7.00. The first-order valence-electron chi connectivity index (χ1n) is 12.1. The Balaban J connectivity index is 2.01. The molecule has 0 bridgehead atoms. The average molecular weight is 483 g/mol. The van der Waals surface area contributed by atoms with Gasteiger partial charge in [-0.25, -0.2) is 0 Å². The zero-order chi connectivity index (χ0) is 24.2. The number of hydrogen-bond donors (Lipinski definition) is 0. The molecule has 3 aromatic carbocycles. The van der Waals surface area contributed by atoms with Gasteiger partial charge in [0.1, 0.15) is 0 Å². The Labute approximate surface area is 204 Å². The van der Waals surface area contributed by atoms with E-state index in [4.69, 9.17) is 0 Å². The van der Waals surface area contributed by atoms with E-state index in [1.54, 1.807) is 16.3 Å². The minimum absolute atomic E-state index is 0.171. The lowest BCUT2D eigenvalue weighted by molar-refractivity contribution is 0.952. The van der Waals surface area contributed by atoms with E-state index in [2.05, 4.69) is 131 Å². The molecule has 1 aliphatic rings. The van der Waals surface area contributed by atoms with Gasteiger partial charge in [-0.15, -0.1) is 0 Å². The van der Waals surface area contributed by atoms with Gasteiger partial charge in [0.15, 0.2) is 0 Å². The van der Waals surface area contributed by atoms with E-state index in [-0.39, 0.29) is 4.66 Å². The van der Waals surface area contributed by atoms with E-state index < -0.39 is 24.2 Å². The summed E-state index contributed by atoms with van der Waals surface area (Å²) in [4.78, 5) is 0. The highest BCUT2D eigenvalue weighted by Gasteiger charge is 2.59. The average Bonchev–Trinajstić information content (AvgIpc) is 3.02. The smallest absolute Gasteiger partial charge is 0.0688 e. The van der Waals surface area contributed by atoms with Crippen molar-refractivity contribution in [1.82, 2.24) is 0 Å². The molecule has 0 fully saturated rings. The molecule has 0 heterocycles. The predicted octanol–water partition coefficient (Wildman–Crippen LogP) is 7.65. The van der Waals surface area contributed by atoms with Crippen molar-refractivity contribution >= 4 is 29.4 Å². The SMILES string of the molecule is C[Si](C)(C)c1ccc2c(c1)C([Si](C)(C)C)([Si](C)(C)C)c1cc(C#Cc3ccccc3)ccc1-2. The van der Waals surface area contributed by atoms with Crippen LogP contribution in [-0.2, 0) is 4.66 Å². The zero-order valence-electron chi connectivity index (χ0n) is 21.9. The van der Waals surface area contributed by atoms with E-state index in [9.17, 15) is 0 Å². The number of fused-ring (bicyclic) bond motifs is 3. The third-order valence-electron chi connectivity index (χ3n) is 7.38. The largest absolute Gasteiger partial charge is 0.0776 e. The van der Waals surface area contributed by atoms with Gasteiger partial charge in [-0.2, -0.15) is 0 Å². The molecule has 3 heteroatoms. The Bertz CT molecular complexity index is 1240. The zero-order valence-corrected chi connectivity index (χ0v) is 24.9. The lowest BCUT2D eigenvalue weighted by Crippen LogP contribution is -2.63. The molecule has 0 saturated heterocycles. The summed E-state index contributed by atoms with van der Waals surface area (Å²) >= 11 is 0. The molecule has 0 aromatic heterocycles. The molecule has 4 rings (SSSR count). The van der Waals surface area contributed by atoms with Crippen molar-refractivity contribution in [3.05, 3.63) is 89.0 Å². The maximum absolute atomic E-state index is 3.48. The van der Waals surface area contributed by atoms with E-state index in [0.29, 0.717) is 0 Å². The van der Waals surface area contributed by atoms with Gasteiger partial charge in [0.05, 0.1) is 24.2 Å². The summed E-state index contributed by atoms with van der Waals surface area (Å²) in [5.74, 6) is 6.87. The molecule has 33 heavy (non-hydrogen) atoms. The molecule has 0 nitrogen and oxygen atoms in total. The topological polar surface area (TPSA) is 0 Å². The first kappa shape index (κ1) is 24.0. The molecule has 0 atom stereocenters. The molecule has 3 aromatic rings. The fraction of sp³-hybridized carbons (Fsp3) is 0.333. The fourth-order valence-corrected chi connectivity index (χ4v) is 20.5. The highest BCUT2D eigenvalue weighted by atomic mass is 28.4. The normalized spacial score (nSPS) is 14.8. The molecule has 1 aliphatic carbocycles. The van der Waals surface area contributed by atoms with Gasteiger partial charge in [0, 0.05) is 15.8 Å². The molecule has 0 radical (unpaired) electrons. The summed E-state index contributed by atoms with van der Waals surface area (Å²) in [6, 6.07) is 24.9. The lowest BCUT2D eigenvalue weighted by Gasteiger charge is -2.51. The van der Waals surface area contributed by atoms with Crippen molar-refractivity contribution in [2.24, 2.45) is 0 Å². The van der Waals surface area contributed by atoms with Crippen molar-refractivity contribution in [2.75, 3.05) is 0 Å². The third-order valence-corrected chi connectivity index (χ3v) is 19.5. The Hall–Kier alpha value is -2.13. The number of hydrogen-bond acceptors (Lipinski definition) is 0.